The van der Waals surface area contributed by atoms with Crippen molar-refractivity contribution in [2.45, 2.75) is 25.7 Å². The van der Waals surface area contributed by atoms with E-state index >= 15 is 0 Å². The monoisotopic (exact) mass is 355 g/mol. The molecule has 1 aromatic heterocycles. The zero-order valence-electron chi connectivity index (χ0n) is 14.5. The highest BCUT2D eigenvalue weighted by Crippen LogP contribution is 2.28. The van der Waals surface area contributed by atoms with Gasteiger partial charge >= 0.3 is 0 Å². The maximum absolute atomic E-state index is 13.3. The van der Waals surface area contributed by atoms with Crippen molar-refractivity contribution in [2.24, 2.45) is 0 Å². The van der Waals surface area contributed by atoms with Crippen LogP contribution in [0.5, 0.6) is 0 Å². The third-order valence-corrected chi connectivity index (χ3v) is 6.11. The number of benzene rings is 2. The lowest BCUT2D eigenvalue weighted by atomic mass is 10.2. The molecule has 0 saturated carbocycles. The van der Waals surface area contributed by atoms with Gasteiger partial charge in [-0.15, -0.1) is 0 Å². The number of rotatable bonds is 5. The van der Waals surface area contributed by atoms with Crippen LogP contribution in [0.15, 0.2) is 65.7 Å². The summed E-state index contributed by atoms with van der Waals surface area (Å²) < 4.78 is 29.5. The minimum atomic E-state index is -3.69. The quantitative estimate of drug-likeness (QED) is 0.701. The standard InChI is InChI=1S/C19H21N3O2S/c1-4-22(18-13-9-8-10-15(18)2)25(23,24)19-14-21(20-16(19)3)17-11-6-5-7-12-17/h5-14H,4H2,1-3H3. The van der Waals surface area contributed by atoms with Crippen LogP contribution in [0.1, 0.15) is 18.2 Å². The minimum absolute atomic E-state index is 0.224. The lowest BCUT2D eigenvalue weighted by Gasteiger charge is -2.24. The molecule has 0 fully saturated rings. The van der Waals surface area contributed by atoms with Crippen molar-refractivity contribution >= 4 is 15.7 Å². The van der Waals surface area contributed by atoms with Crippen LogP contribution < -0.4 is 4.31 Å². The second-order valence-corrected chi connectivity index (χ2v) is 7.65. The molecule has 5 nitrogen and oxygen atoms in total. The summed E-state index contributed by atoms with van der Waals surface area (Å²) in [4.78, 5) is 0.224. The Morgan fingerprint density at radius 1 is 1.00 bits per heavy atom. The Morgan fingerprint density at radius 3 is 2.28 bits per heavy atom. The van der Waals surface area contributed by atoms with Gasteiger partial charge in [-0.2, -0.15) is 5.10 Å². The maximum atomic E-state index is 13.3. The third kappa shape index (κ3) is 3.17. The Hall–Kier alpha value is -2.60. The van der Waals surface area contributed by atoms with Crippen molar-refractivity contribution in [1.82, 2.24) is 9.78 Å². The highest BCUT2D eigenvalue weighted by atomic mass is 32.2. The second-order valence-electron chi connectivity index (χ2n) is 5.82. The average Bonchev–Trinajstić information content (AvgIpc) is 3.00. The van der Waals surface area contributed by atoms with Crippen LogP contribution in [0.4, 0.5) is 5.69 Å². The van der Waals surface area contributed by atoms with E-state index in [0.717, 1.165) is 11.3 Å². The molecule has 0 aliphatic carbocycles. The van der Waals surface area contributed by atoms with Gasteiger partial charge in [-0.1, -0.05) is 36.4 Å². The fourth-order valence-electron chi connectivity index (χ4n) is 2.84. The van der Waals surface area contributed by atoms with E-state index in [1.807, 2.05) is 68.4 Å². The predicted octanol–water partition coefficient (Wildman–Crippen LogP) is 3.70. The summed E-state index contributed by atoms with van der Waals surface area (Å²) in [5.41, 5.74) is 2.92. The van der Waals surface area contributed by atoms with Crippen LogP contribution in [0, 0.1) is 13.8 Å². The Labute approximate surface area is 148 Å². The summed E-state index contributed by atoms with van der Waals surface area (Å²) >= 11 is 0. The van der Waals surface area contributed by atoms with Gasteiger partial charge in [0.25, 0.3) is 10.0 Å². The van der Waals surface area contributed by atoms with E-state index in [1.165, 1.54) is 4.31 Å². The number of nitrogens with zero attached hydrogens (tertiary/aromatic N) is 3. The van der Waals surface area contributed by atoms with Gasteiger partial charge in [-0.3, -0.25) is 4.31 Å². The van der Waals surface area contributed by atoms with Crippen molar-refractivity contribution in [1.29, 1.82) is 0 Å². The lowest BCUT2D eigenvalue weighted by Crippen LogP contribution is -2.31. The smallest absolute Gasteiger partial charge is 0.266 e. The van der Waals surface area contributed by atoms with Gasteiger partial charge in [-0.05, 0) is 44.5 Å². The van der Waals surface area contributed by atoms with Gasteiger partial charge in [0.05, 0.1) is 23.3 Å². The molecule has 0 aliphatic heterocycles. The summed E-state index contributed by atoms with van der Waals surface area (Å²) in [7, 11) is -3.69. The van der Waals surface area contributed by atoms with Crippen molar-refractivity contribution in [3.8, 4) is 5.69 Å². The molecule has 6 heteroatoms. The summed E-state index contributed by atoms with van der Waals surface area (Å²) in [6.07, 6.45) is 1.58. The van der Waals surface area contributed by atoms with Crippen LogP contribution in [-0.2, 0) is 10.0 Å². The zero-order valence-corrected chi connectivity index (χ0v) is 15.4. The molecular weight excluding hydrogens is 334 g/mol. The second kappa shape index (κ2) is 6.72. The van der Waals surface area contributed by atoms with E-state index in [2.05, 4.69) is 5.10 Å². The molecule has 25 heavy (non-hydrogen) atoms. The predicted molar refractivity (Wildman–Crippen MR) is 99.7 cm³/mol. The van der Waals surface area contributed by atoms with Gasteiger partial charge in [0.1, 0.15) is 4.90 Å². The van der Waals surface area contributed by atoms with Crippen LogP contribution in [0.25, 0.3) is 5.69 Å². The summed E-state index contributed by atoms with van der Waals surface area (Å²) in [6.45, 7) is 5.82. The summed E-state index contributed by atoms with van der Waals surface area (Å²) in [5, 5.41) is 4.39. The summed E-state index contributed by atoms with van der Waals surface area (Å²) in [6, 6.07) is 17.0. The van der Waals surface area contributed by atoms with Gasteiger partial charge in [0, 0.05) is 6.54 Å². The molecule has 3 aromatic rings. The van der Waals surface area contributed by atoms with Crippen molar-refractivity contribution in [2.75, 3.05) is 10.8 Å². The SMILES string of the molecule is CCN(c1ccccc1C)S(=O)(=O)c1cn(-c2ccccc2)nc1C. The Kier molecular flexibility index (Phi) is 4.63. The largest absolute Gasteiger partial charge is 0.267 e. The number of sulfonamides is 1. The van der Waals surface area contributed by atoms with Gasteiger partial charge in [-0.25, -0.2) is 13.1 Å². The van der Waals surface area contributed by atoms with Gasteiger partial charge in [0.15, 0.2) is 0 Å². The van der Waals surface area contributed by atoms with E-state index in [4.69, 9.17) is 0 Å². The first-order valence-corrected chi connectivity index (χ1v) is 9.59. The minimum Gasteiger partial charge on any atom is -0.266 e. The highest BCUT2D eigenvalue weighted by molar-refractivity contribution is 7.92. The molecule has 130 valence electrons. The van der Waals surface area contributed by atoms with E-state index in [9.17, 15) is 8.42 Å². The number of aromatic nitrogens is 2. The van der Waals surface area contributed by atoms with Crippen molar-refractivity contribution in [3.05, 3.63) is 72.1 Å². The van der Waals surface area contributed by atoms with Gasteiger partial charge < -0.3 is 0 Å². The Morgan fingerprint density at radius 2 is 1.64 bits per heavy atom. The average molecular weight is 355 g/mol. The molecule has 0 amide bonds. The lowest BCUT2D eigenvalue weighted by molar-refractivity contribution is 0.591. The third-order valence-electron chi connectivity index (χ3n) is 4.11. The van der Waals surface area contributed by atoms with E-state index in [-0.39, 0.29) is 4.90 Å². The van der Waals surface area contributed by atoms with Crippen molar-refractivity contribution in [3.63, 3.8) is 0 Å². The molecule has 0 atom stereocenters. The number of para-hydroxylation sites is 2. The van der Waals surface area contributed by atoms with E-state index in [0.29, 0.717) is 17.9 Å². The first kappa shape index (κ1) is 17.2. The molecule has 2 aromatic carbocycles. The molecule has 0 spiro atoms. The first-order chi connectivity index (χ1) is 11.9. The van der Waals surface area contributed by atoms with E-state index in [1.54, 1.807) is 17.8 Å². The molecule has 0 aliphatic rings. The fourth-order valence-corrected chi connectivity index (χ4v) is 4.53. The topological polar surface area (TPSA) is 55.2 Å². The number of hydrogen-bond acceptors (Lipinski definition) is 3. The number of anilines is 1. The molecule has 0 radical (unpaired) electrons. The number of hydrogen-bond donors (Lipinski definition) is 0. The van der Waals surface area contributed by atoms with E-state index < -0.39 is 10.0 Å². The summed E-state index contributed by atoms with van der Waals surface area (Å²) in [5.74, 6) is 0. The highest BCUT2D eigenvalue weighted by Gasteiger charge is 2.28. The normalized spacial score (nSPS) is 11.5. The molecule has 0 unspecified atom stereocenters. The van der Waals surface area contributed by atoms with Crippen LogP contribution in [0.2, 0.25) is 0 Å². The Bertz CT molecular complexity index is 979. The molecule has 0 bridgehead atoms. The maximum Gasteiger partial charge on any atom is 0.267 e. The van der Waals surface area contributed by atoms with Crippen LogP contribution in [0.3, 0.4) is 0 Å². The van der Waals surface area contributed by atoms with Crippen LogP contribution >= 0.6 is 0 Å². The Balaban J connectivity index is 2.08. The zero-order chi connectivity index (χ0) is 18.0. The molecule has 1 heterocycles. The fraction of sp³-hybridized carbons (Fsp3) is 0.211. The first-order valence-electron chi connectivity index (χ1n) is 8.15. The van der Waals surface area contributed by atoms with Crippen LogP contribution in [-0.4, -0.2) is 24.7 Å². The molecule has 0 saturated heterocycles. The number of aryl methyl sites for hydroxylation is 2. The molecule has 3 rings (SSSR count). The molecular formula is C19H21N3O2S. The molecule has 0 N–H and O–H groups in total. The van der Waals surface area contributed by atoms with Crippen molar-refractivity contribution < 1.29 is 8.42 Å². The van der Waals surface area contributed by atoms with Gasteiger partial charge in [0.2, 0.25) is 0 Å².